The summed E-state index contributed by atoms with van der Waals surface area (Å²) in [4.78, 5) is 11.9. The van der Waals surface area contributed by atoms with Crippen molar-refractivity contribution in [1.82, 2.24) is 5.32 Å². The van der Waals surface area contributed by atoms with Gasteiger partial charge >= 0.3 is 0 Å². The van der Waals surface area contributed by atoms with E-state index in [0.717, 1.165) is 24.8 Å². The Morgan fingerprint density at radius 1 is 1.50 bits per heavy atom. The van der Waals surface area contributed by atoms with Gasteiger partial charge in [-0.25, -0.2) is 4.39 Å². The maximum absolute atomic E-state index is 13.6. The lowest BCUT2D eigenvalue weighted by molar-refractivity contribution is 0.0940. The molecule has 2 rings (SSSR count). The lowest BCUT2D eigenvalue weighted by Gasteiger charge is -2.15. The third kappa shape index (κ3) is 2.88. The summed E-state index contributed by atoms with van der Waals surface area (Å²) in [6, 6.07) is 4.65. The predicted octanol–water partition coefficient (Wildman–Crippen LogP) is 1.99. The van der Waals surface area contributed by atoms with Crippen LogP contribution in [0.5, 0.6) is 0 Å². The van der Waals surface area contributed by atoms with Gasteiger partial charge < -0.3 is 11.1 Å². The summed E-state index contributed by atoms with van der Waals surface area (Å²) in [5.41, 5.74) is 6.64. The minimum Gasteiger partial charge on any atom is -0.351 e. The minimum absolute atomic E-state index is 0.115. The summed E-state index contributed by atoms with van der Waals surface area (Å²) < 4.78 is 13.6. The van der Waals surface area contributed by atoms with E-state index in [-0.39, 0.29) is 16.9 Å². The third-order valence-corrected chi connectivity index (χ3v) is 3.62. The molecular formula is C14H19FN2O. The molecule has 98 valence electrons. The van der Waals surface area contributed by atoms with E-state index in [1.54, 1.807) is 13.0 Å². The van der Waals surface area contributed by atoms with Crippen molar-refractivity contribution in [3.63, 3.8) is 0 Å². The average molecular weight is 250 g/mol. The van der Waals surface area contributed by atoms with Crippen LogP contribution in [0.3, 0.4) is 0 Å². The number of nitrogens with one attached hydrogen (secondary N) is 1. The van der Waals surface area contributed by atoms with Gasteiger partial charge in [-0.2, -0.15) is 0 Å². The molecule has 0 saturated heterocycles. The molecule has 1 aliphatic carbocycles. The molecule has 18 heavy (non-hydrogen) atoms. The van der Waals surface area contributed by atoms with Gasteiger partial charge in [-0.15, -0.1) is 0 Å². The molecule has 0 radical (unpaired) electrons. The molecule has 1 amide bonds. The number of carbonyl (C=O) groups excluding carboxylic acids is 1. The Kier molecular flexibility index (Phi) is 3.66. The molecule has 4 heteroatoms. The van der Waals surface area contributed by atoms with Crippen LogP contribution in [0.25, 0.3) is 0 Å². The first-order valence-electron chi connectivity index (χ1n) is 6.31. The van der Waals surface area contributed by atoms with Gasteiger partial charge in [-0.05, 0) is 55.8 Å². The Hall–Kier alpha value is -1.42. The van der Waals surface area contributed by atoms with Gasteiger partial charge in [0.05, 0.1) is 5.56 Å². The molecule has 3 nitrogen and oxygen atoms in total. The molecule has 0 atom stereocenters. The smallest absolute Gasteiger partial charge is 0.254 e. The van der Waals surface area contributed by atoms with E-state index in [2.05, 4.69) is 5.32 Å². The number of nitrogens with two attached hydrogens (primary N) is 1. The zero-order chi connectivity index (χ0) is 13.2. The number of aryl methyl sites for hydroxylation is 1. The van der Waals surface area contributed by atoms with Gasteiger partial charge in [0, 0.05) is 6.54 Å². The molecule has 0 heterocycles. The van der Waals surface area contributed by atoms with Gasteiger partial charge in [0.15, 0.2) is 0 Å². The number of rotatable bonds is 5. The largest absolute Gasteiger partial charge is 0.351 e. The number of hydrogen-bond acceptors (Lipinski definition) is 2. The van der Waals surface area contributed by atoms with Crippen LogP contribution in [0.4, 0.5) is 4.39 Å². The van der Waals surface area contributed by atoms with Crippen molar-refractivity contribution in [3.8, 4) is 0 Å². The number of halogens is 1. The molecule has 3 N–H and O–H groups in total. The Bertz CT molecular complexity index is 455. The van der Waals surface area contributed by atoms with E-state index in [0.29, 0.717) is 13.1 Å². The summed E-state index contributed by atoms with van der Waals surface area (Å²) >= 11 is 0. The van der Waals surface area contributed by atoms with Gasteiger partial charge in [-0.1, -0.05) is 6.07 Å². The highest BCUT2D eigenvalue weighted by molar-refractivity contribution is 5.94. The lowest BCUT2D eigenvalue weighted by atomic mass is 10.0. The van der Waals surface area contributed by atoms with Crippen LogP contribution in [0.1, 0.15) is 35.2 Å². The monoisotopic (exact) mass is 250 g/mol. The van der Waals surface area contributed by atoms with E-state index in [1.165, 1.54) is 12.1 Å². The molecule has 0 unspecified atom stereocenters. The van der Waals surface area contributed by atoms with Crippen molar-refractivity contribution < 1.29 is 9.18 Å². The fourth-order valence-corrected chi connectivity index (χ4v) is 2.17. The predicted molar refractivity (Wildman–Crippen MR) is 68.8 cm³/mol. The quantitative estimate of drug-likeness (QED) is 0.839. The topological polar surface area (TPSA) is 55.1 Å². The van der Waals surface area contributed by atoms with Gasteiger partial charge in [0.1, 0.15) is 5.82 Å². The third-order valence-electron chi connectivity index (χ3n) is 3.62. The average Bonchev–Trinajstić information content (AvgIpc) is 3.07. The molecule has 0 spiro atoms. The van der Waals surface area contributed by atoms with Crippen LogP contribution in [0.15, 0.2) is 18.2 Å². The van der Waals surface area contributed by atoms with Crippen molar-refractivity contribution in [1.29, 1.82) is 0 Å². The number of hydrogen-bond donors (Lipinski definition) is 2. The second-order valence-corrected chi connectivity index (χ2v) is 5.20. The number of carbonyl (C=O) groups is 1. The SMILES string of the molecule is Cc1ccc(C(=O)NCC2(CCN)CC2)c(F)c1. The van der Waals surface area contributed by atoms with Gasteiger partial charge in [-0.3, -0.25) is 4.79 Å². The summed E-state index contributed by atoms with van der Waals surface area (Å²) in [7, 11) is 0. The van der Waals surface area contributed by atoms with Crippen molar-refractivity contribution in [3.05, 3.63) is 35.1 Å². The highest BCUT2D eigenvalue weighted by atomic mass is 19.1. The molecule has 1 fully saturated rings. The maximum Gasteiger partial charge on any atom is 0.254 e. The van der Waals surface area contributed by atoms with Crippen LogP contribution < -0.4 is 11.1 Å². The van der Waals surface area contributed by atoms with Gasteiger partial charge in [0.2, 0.25) is 0 Å². The van der Waals surface area contributed by atoms with E-state index >= 15 is 0 Å². The molecule has 0 bridgehead atoms. The molecule has 1 aromatic rings. The normalized spacial score (nSPS) is 16.4. The van der Waals surface area contributed by atoms with E-state index < -0.39 is 5.82 Å². The summed E-state index contributed by atoms with van der Waals surface area (Å²) in [6.45, 7) is 3.02. The second kappa shape index (κ2) is 5.06. The Balaban J connectivity index is 1.96. The van der Waals surface area contributed by atoms with Crippen LogP contribution in [0, 0.1) is 18.2 Å². The first kappa shape index (κ1) is 13.0. The van der Waals surface area contributed by atoms with E-state index in [9.17, 15) is 9.18 Å². The standard InChI is InChI=1S/C14H19FN2O/c1-10-2-3-11(12(15)8-10)13(18)17-9-14(4-5-14)6-7-16/h2-3,8H,4-7,9,16H2,1H3,(H,17,18). The van der Waals surface area contributed by atoms with Crippen LogP contribution in [-0.4, -0.2) is 19.0 Å². The molecule has 1 aromatic carbocycles. The number of benzene rings is 1. The molecule has 1 saturated carbocycles. The number of amides is 1. The van der Waals surface area contributed by atoms with Gasteiger partial charge in [0.25, 0.3) is 5.91 Å². The molecule has 0 aromatic heterocycles. The first-order valence-corrected chi connectivity index (χ1v) is 6.31. The summed E-state index contributed by atoms with van der Waals surface area (Å²) in [5, 5.41) is 2.81. The van der Waals surface area contributed by atoms with Crippen molar-refractivity contribution >= 4 is 5.91 Å². The van der Waals surface area contributed by atoms with E-state index in [4.69, 9.17) is 5.73 Å². The molecular weight excluding hydrogens is 231 g/mol. The fraction of sp³-hybridized carbons (Fsp3) is 0.500. The van der Waals surface area contributed by atoms with Crippen LogP contribution in [0.2, 0.25) is 0 Å². The summed E-state index contributed by atoms with van der Waals surface area (Å²) in [6.07, 6.45) is 3.12. The highest BCUT2D eigenvalue weighted by Crippen LogP contribution is 2.47. The van der Waals surface area contributed by atoms with Crippen LogP contribution >= 0.6 is 0 Å². The van der Waals surface area contributed by atoms with Crippen molar-refractivity contribution in [2.45, 2.75) is 26.2 Å². The molecule has 1 aliphatic rings. The Morgan fingerprint density at radius 2 is 2.22 bits per heavy atom. The van der Waals surface area contributed by atoms with E-state index in [1.807, 2.05) is 0 Å². The zero-order valence-electron chi connectivity index (χ0n) is 10.6. The Morgan fingerprint density at radius 3 is 2.78 bits per heavy atom. The minimum atomic E-state index is -0.462. The Labute approximate surface area is 107 Å². The lowest BCUT2D eigenvalue weighted by Crippen LogP contribution is -2.31. The fourth-order valence-electron chi connectivity index (χ4n) is 2.17. The second-order valence-electron chi connectivity index (χ2n) is 5.20. The highest BCUT2D eigenvalue weighted by Gasteiger charge is 2.41. The van der Waals surface area contributed by atoms with Crippen LogP contribution in [-0.2, 0) is 0 Å². The van der Waals surface area contributed by atoms with Crippen molar-refractivity contribution in [2.75, 3.05) is 13.1 Å². The first-order chi connectivity index (χ1) is 8.56. The maximum atomic E-state index is 13.6. The molecule has 0 aliphatic heterocycles. The summed E-state index contributed by atoms with van der Waals surface area (Å²) in [5.74, 6) is -0.799. The van der Waals surface area contributed by atoms with Crippen molar-refractivity contribution in [2.24, 2.45) is 11.1 Å². The zero-order valence-corrected chi connectivity index (χ0v) is 10.6.